The first kappa shape index (κ1) is 11.4. The van der Waals surface area contributed by atoms with E-state index in [-0.39, 0.29) is 6.61 Å². The Morgan fingerprint density at radius 3 is 3.00 bits per heavy atom. The molecule has 3 unspecified atom stereocenters. The van der Waals surface area contributed by atoms with E-state index < -0.39 is 17.9 Å². The molecule has 3 heterocycles. The zero-order chi connectivity index (χ0) is 12.9. The quantitative estimate of drug-likeness (QED) is 0.639. The van der Waals surface area contributed by atoms with Crippen molar-refractivity contribution in [2.45, 2.75) is 24.9 Å². The van der Waals surface area contributed by atoms with Crippen LogP contribution in [0.1, 0.15) is 13.2 Å². The van der Waals surface area contributed by atoms with Crippen molar-refractivity contribution in [3.8, 4) is 0 Å². The molecule has 1 saturated heterocycles. The molecule has 2 aromatic rings. The summed E-state index contributed by atoms with van der Waals surface area (Å²) in [7, 11) is 0. The Morgan fingerprint density at radius 2 is 2.33 bits per heavy atom. The molecule has 96 valence electrons. The van der Waals surface area contributed by atoms with Crippen molar-refractivity contribution in [3.05, 3.63) is 18.6 Å². The van der Waals surface area contributed by atoms with Gasteiger partial charge in [0.1, 0.15) is 29.5 Å². The number of nitrogens with zero attached hydrogens (tertiary/aromatic N) is 3. The average molecular weight is 250 g/mol. The van der Waals surface area contributed by atoms with Crippen LogP contribution in [-0.2, 0) is 4.74 Å². The molecule has 0 saturated carbocycles. The van der Waals surface area contributed by atoms with Crippen LogP contribution < -0.4 is 5.73 Å². The molecule has 1 aliphatic rings. The van der Waals surface area contributed by atoms with Crippen LogP contribution >= 0.6 is 0 Å². The summed E-state index contributed by atoms with van der Waals surface area (Å²) in [6.07, 6.45) is 1.44. The van der Waals surface area contributed by atoms with Crippen LogP contribution in [0.2, 0.25) is 0 Å². The van der Waals surface area contributed by atoms with E-state index in [0.717, 1.165) is 0 Å². The van der Waals surface area contributed by atoms with Crippen molar-refractivity contribution in [1.29, 1.82) is 0 Å². The van der Waals surface area contributed by atoms with Gasteiger partial charge in [0.05, 0.1) is 12.0 Å². The first-order chi connectivity index (χ1) is 8.51. The average Bonchev–Trinajstić information content (AvgIpc) is 2.84. The number of rotatable bonds is 1. The van der Waals surface area contributed by atoms with Gasteiger partial charge < -0.3 is 25.3 Å². The summed E-state index contributed by atoms with van der Waals surface area (Å²) in [5.41, 5.74) is 4.95. The number of aliphatic hydroxyl groups excluding tert-OH is 1. The molecule has 18 heavy (non-hydrogen) atoms. The second kappa shape index (κ2) is 3.64. The van der Waals surface area contributed by atoms with Gasteiger partial charge in [0.25, 0.3) is 0 Å². The zero-order valence-corrected chi connectivity index (χ0v) is 9.82. The topological polar surface area (TPSA) is 106 Å². The number of aromatic nitrogens is 3. The first-order valence-corrected chi connectivity index (χ1v) is 5.61. The molecule has 0 aliphatic carbocycles. The van der Waals surface area contributed by atoms with Crippen LogP contribution in [0.25, 0.3) is 11.0 Å². The maximum atomic E-state index is 10.3. The minimum Gasteiger partial charge on any atom is -0.388 e. The van der Waals surface area contributed by atoms with Gasteiger partial charge >= 0.3 is 0 Å². The monoisotopic (exact) mass is 250 g/mol. The fourth-order valence-electron chi connectivity index (χ4n) is 2.23. The number of nitrogen functional groups attached to an aromatic ring is 1. The van der Waals surface area contributed by atoms with E-state index >= 15 is 0 Å². The summed E-state index contributed by atoms with van der Waals surface area (Å²) in [4.78, 5) is 8.04. The number of aliphatic hydroxyl groups is 2. The second-order valence-electron chi connectivity index (χ2n) is 4.65. The normalized spacial score (nSPS) is 32.2. The highest BCUT2D eigenvalue weighted by Crippen LogP contribution is 2.36. The maximum Gasteiger partial charge on any atom is 0.166 e. The lowest BCUT2D eigenvalue weighted by atomic mass is 10.0. The van der Waals surface area contributed by atoms with E-state index in [4.69, 9.17) is 10.5 Å². The van der Waals surface area contributed by atoms with Crippen LogP contribution in [0, 0.1) is 0 Å². The van der Waals surface area contributed by atoms with Crippen LogP contribution in [0.3, 0.4) is 0 Å². The molecule has 0 bridgehead atoms. The molecular weight excluding hydrogens is 236 g/mol. The van der Waals surface area contributed by atoms with Gasteiger partial charge in [0.2, 0.25) is 0 Å². The lowest BCUT2D eigenvalue weighted by molar-refractivity contribution is -0.0922. The van der Waals surface area contributed by atoms with Gasteiger partial charge in [-0.25, -0.2) is 9.97 Å². The van der Waals surface area contributed by atoms with E-state index in [1.54, 1.807) is 16.8 Å². The van der Waals surface area contributed by atoms with Crippen LogP contribution in [0.4, 0.5) is 5.82 Å². The highest BCUT2D eigenvalue weighted by molar-refractivity contribution is 5.86. The highest BCUT2D eigenvalue weighted by atomic mass is 16.5. The molecule has 0 amide bonds. The van der Waals surface area contributed by atoms with Crippen molar-refractivity contribution >= 4 is 16.9 Å². The molecule has 3 atom stereocenters. The fraction of sp³-hybridized carbons (Fsp3) is 0.455. The van der Waals surface area contributed by atoms with E-state index in [1.165, 1.54) is 13.3 Å². The van der Waals surface area contributed by atoms with Gasteiger partial charge in [-0.2, -0.15) is 0 Å². The Bertz CT molecular complexity index is 595. The lowest BCUT2D eigenvalue weighted by Crippen LogP contribution is -2.41. The number of nitrogens with two attached hydrogens (primary N) is 1. The minimum absolute atomic E-state index is 0.0813. The summed E-state index contributed by atoms with van der Waals surface area (Å²) in [5.74, 6) is 0.372. The van der Waals surface area contributed by atoms with Gasteiger partial charge in [0, 0.05) is 6.20 Å². The standard InChI is InChI=1S/C11H14N4O3/c1-11(17)7(16)4-18-10(11)15-3-2-6-8(12)13-5-14-9(6)15/h2-3,5,7,10,16-17H,4H2,1H3,(H2,12,13,14). The predicted octanol–water partition coefficient (Wildman–Crippen LogP) is -0.346. The largest absolute Gasteiger partial charge is 0.388 e. The molecule has 0 spiro atoms. The van der Waals surface area contributed by atoms with Crippen LogP contribution in [0.15, 0.2) is 18.6 Å². The summed E-state index contributed by atoms with van der Waals surface area (Å²) >= 11 is 0. The maximum absolute atomic E-state index is 10.3. The summed E-state index contributed by atoms with van der Waals surface area (Å²) in [6.45, 7) is 1.61. The lowest BCUT2D eigenvalue weighted by Gasteiger charge is -2.27. The first-order valence-electron chi connectivity index (χ1n) is 5.61. The van der Waals surface area contributed by atoms with Crippen molar-refractivity contribution in [2.24, 2.45) is 0 Å². The third kappa shape index (κ3) is 1.41. The SMILES string of the molecule is CC1(O)C(O)COC1n1ccc2c(N)ncnc21. The van der Waals surface area contributed by atoms with Gasteiger partial charge in [-0.3, -0.25) is 0 Å². The van der Waals surface area contributed by atoms with Crippen LogP contribution in [0.5, 0.6) is 0 Å². The van der Waals surface area contributed by atoms with Crippen molar-refractivity contribution in [2.75, 3.05) is 12.3 Å². The Morgan fingerprint density at radius 1 is 1.56 bits per heavy atom. The smallest absolute Gasteiger partial charge is 0.166 e. The predicted molar refractivity (Wildman–Crippen MR) is 63.6 cm³/mol. The molecule has 4 N–H and O–H groups in total. The number of ether oxygens (including phenoxy) is 1. The molecule has 0 aromatic carbocycles. The molecular formula is C11H14N4O3. The number of hydrogen-bond acceptors (Lipinski definition) is 6. The van der Waals surface area contributed by atoms with Crippen molar-refractivity contribution < 1.29 is 14.9 Å². The molecule has 2 aromatic heterocycles. The number of anilines is 1. The molecule has 3 rings (SSSR count). The van der Waals surface area contributed by atoms with E-state index in [0.29, 0.717) is 16.9 Å². The fourth-order valence-corrected chi connectivity index (χ4v) is 2.23. The summed E-state index contributed by atoms with van der Waals surface area (Å²) < 4.78 is 7.09. The minimum atomic E-state index is -1.37. The summed E-state index contributed by atoms with van der Waals surface area (Å²) in [6, 6.07) is 1.76. The molecule has 1 fully saturated rings. The van der Waals surface area contributed by atoms with E-state index in [9.17, 15) is 10.2 Å². The van der Waals surface area contributed by atoms with E-state index in [2.05, 4.69) is 9.97 Å². The molecule has 0 radical (unpaired) electrons. The Kier molecular flexibility index (Phi) is 2.31. The van der Waals surface area contributed by atoms with Crippen LogP contribution in [-0.4, -0.2) is 43.1 Å². The van der Waals surface area contributed by atoms with Gasteiger partial charge in [-0.1, -0.05) is 0 Å². The summed E-state index contributed by atoms with van der Waals surface area (Å²) in [5, 5.41) is 20.7. The van der Waals surface area contributed by atoms with Gasteiger partial charge in [-0.15, -0.1) is 0 Å². The molecule has 7 nitrogen and oxygen atoms in total. The Labute approximate surface area is 103 Å². The van der Waals surface area contributed by atoms with Crippen molar-refractivity contribution in [3.63, 3.8) is 0 Å². The number of hydrogen-bond donors (Lipinski definition) is 3. The Hall–Kier alpha value is -1.70. The van der Waals surface area contributed by atoms with Gasteiger partial charge in [-0.05, 0) is 13.0 Å². The molecule has 1 aliphatic heterocycles. The highest BCUT2D eigenvalue weighted by Gasteiger charge is 2.47. The molecule has 7 heteroatoms. The van der Waals surface area contributed by atoms with Gasteiger partial charge in [0.15, 0.2) is 6.23 Å². The second-order valence-corrected chi connectivity index (χ2v) is 4.65. The van der Waals surface area contributed by atoms with E-state index in [1.807, 2.05) is 0 Å². The Balaban J connectivity index is 2.13. The third-order valence-electron chi connectivity index (χ3n) is 3.38. The zero-order valence-electron chi connectivity index (χ0n) is 9.82. The van der Waals surface area contributed by atoms with Crippen molar-refractivity contribution in [1.82, 2.24) is 14.5 Å². The third-order valence-corrected chi connectivity index (χ3v) is 3.38. The number of fused-ring (bicyclic) bond motifs is 1.